The Balaban J connectivity index is 1.45. The molecule has 7 nitrogen and oxygen atoms in total. The van der Waals surface area contributed by atoms with Crippen molar-refractivity contribution in [3.05, 3.63) is 66.0 Å². The van der Waals surface area contributed by atoms with Crippen LogP contribution in [0.3, 0.4) is 0 Å². The minimum Gasteiger partial charge on any atom is -0.501 e. The molecular weight excluding hydrogens is 583 g/mol. The van der Waals surface area contributed by atoms with Crippen LogP contribution in [-0.2, 0) is 20.5 Å². The average molecular weight is 630 g/mol. The van der Waals surface area contributed by atoms with Crippen LogP contribution in [0.1, 0.15) is 69.4 Å². The van der Waals surface area contributed by atoms with Gasteiger partial charge in [0.1, 0.15) is 0 Å². The SMILES string of the molecule is C=CC(C)(C)N1CC[C@H](C(=O)N2CCC(c3ccc(C(F)(F)F)cc3N3CCCC(C(=O)O)C3)CC2C2C=CC=C(OC)C2)C1. The van der Waals surface area contributed by atoms with Crippen molar-refractivity contribution >= 4 is 17.6 Å². The monoisotopic (exact) mass is 629 g/mol. The standard InChI is InChI=1S/C35H46F3N3O4/c1-5-34(2,3)40-16-13-25(22-40)32(42)41-17-14-23(19-30(41)24-8-6-10-28(18-24)45-4)29-12-11-27(35(36,37)38)20-31(29)39-15-7-9-26(21-39)33(43)44/h5-6,8,10-12,20,23-26,30H,1,7,9,13-19,21-22H2,2-4H3,(H,43,44)/t23?,24?,25-,26?,30?/m0/s1. The van der Waals surface area contributed by atoms with E-state index in [2.05, 4.69) is 31.4 Å². The van der Waals surface area contributed by atoms with Gasteiger partial charge in [0.2, 0.25) is 5.91 Å². The quantitative estimate of drug-likeness (QED) is 0.332. The highest BCUT2D eigenvalue weighted by Crippen LogP contribution is 2.44. The Morgan fingerprint density at radius 2 is 1.84 bits per heavy atom. The van der Waals surface area contributed by atoms with Crippen LogP contribution < -0.4 is 4.90 Å². The smallest absolute Gasteiger partial charge is 0.416 e. The minimum absolute atomic E-state index is 0.00287. The van der Waals surface area contributed by atoms with Crippen molar-refractivity contribution in [1.29, 1.82) is 0 Å². The molecule has 5 atom stereocenters. The van der Waals surface area contributed by atoms with Gasteiger partial charge >= 0.3 is 12.1 Å². The molecule has 5 rings (SSSR count). The number of ether oxygens (including phenoxy) is 1. The Hall–Kier alpha value is -3.27. The molecule has 0 radical (unpaired) electrons. The molecule has 1 aromatic rings. The molecule has 246 valence electrons. The van der Waals surface area contributed by atoms with Gasteiger partial charge in [0.05, 0.1) is 30.3 Å². The van der Waals surface area contributed by atoms with E-state index in [9.17, 15) is 27.9 Å². The summed E-state index contributed by atoms with van der Waals surface area (Å²) in [5.74, 6) is -0.799. The number of alkyl halides is 3. The Morgan fingerprint density at radius 3 is 2.53 bits per heavy atom. The fourth-order valence-corrected chi connectivity index (χ4v) is 7.63. The molecule has 1 aliphatic carbocycles. The van der Waals surface area contributed by atoms with Gasteiger partial charge < -0.3 is 19.6 Å². The third kappa shape index (κ3) is 7.11. The first-order valence-corrected chi connectivity index (χ1v) is 16.1. The minimum atomic E-state index is -4.52. The van der Waals surface area contributed by atoms with Crippen molar-refractivity contribution in [2.75, 3.05) is 44.7 Å². The average Bonchev–Trinajstić information content (AvgIpc) is 3.55. The molecular formula is C35H46F3N3O4. The summed E-state index contributed by atoms with van der Waals surface area (Å²) < 4.78 is 47.3. The van der Waals surface area contributed by atoms with Gasteiger partial charge in [0.15, 0.2) is 0 Å². The summed E-state index contributed by atoms with van der Waals surface area (Å²) in [5, 5.41) is 9.70. The predicted molar refractivity (Wildman–Crippen MR) is 168 cm³/mol. The molecule has 1 aromatic carbocycles. The number of halogens is 3. The fraction of sp³-hybridized carbons (Fsp3) is 0.600. The number of piperidine rings is 2. The van der Waals surface area contributed by atoms with Crippen molar-refractivity contribution in [2.24, 2.45) is 17.8 Å². The first-order valence-electron chi connectivity index (χ1n) is 16.1. The van der Waals surface area contributed by atoms with Crippen molar-refractivity contribution in [3.8, 4) is 0 Å². The summed E-state index contributed by atoms with van der Waals surface area (Å²) in [4.78, 5) is 32.2. The van der Waals surface area contributed by atoms with Gasteiger partial charge in [0.25, 0.3) is 0 Å². The lowest BCUT2D eigenvalue weighted by Crippen LogP contribution is -2.52. The summed E-state index contributed by atoms with van der Waals surface area (Å²) in [7, 11) is 1.64. The van der Waals surface area contributed by atoms with Crippen LogP contribution in [0, 0.1) is 17.8 Å². The normalized spacial score (nSPS) is 28.1. The highest BCUT2D eigenvalue weighted by Gasteiger charge is 2.43. The number of allylic oxidation sites excluding steroid dienone is 3. The number of hydrogen-bond acceptors (Lipinski definition) is 5. The first kappa shape index (κ1) is 33.1. The number of methoxy groups -OCH3 is 1. The summed E-state index contributed by atoms with van der Waals surface area (Å²) >= 11 is 0. The molecule has 0 bridgehead atoms. The number of amides is 1. The number of carbonyl (C=O) groups is 2. The summed E-state index contributed by atoms with van der Waals surface area (Å²) in [6, 6.07) is 3.78. The topological polar surface area (TPSA) is 73.3 Å². The number of rotatable bonds is 8. The maximum absolute atomic E-state index is 14.2. The first-order chi connectivity index (χ1) is 21.3. The third-order valence-corrected chi connectivity index (χ3v) is 10.5. The van der Waals surface area contributed by atoms with E-state index in [-0.39, 0.29) is 41.8 Å². The number of carbonyl (C=O) groups excluding carboxylic acids is 1. The largest absolute Gasteiger partial charge is 0.501 e. The van der Waals surface area contributed by atoms with Crippen LogP contribution in [0.2, 0.25) is 0 Å². The lowest BCUT2D eigenvalue weighted by Gasteiger charge is -2.45. The van der Waals surface area contributed by atoms with E-state index >= 15 is 0 Å². The van der Waals surface area contributed by atoms with E-state index < -0.39 is 23.6 Å². The van der Waals surface area contributed by atoms with Crippen LogP contribution in [0.25, 0.3) is 0 Å². The highest BCUT2D eigenvalue weighted by atomic mass is 19.4. The van der Waals surface area contributed by atoms with Gasteiger partial charge in [-0.3, -0.25) is 14.5 Å². The number of carboxylic acids is 1. The van der Waals surface area contributed by atoms with E-state index in [0.29, 0.717) is 57.4 Å². The Bertz CT molecular complexity index is 1340. The van der Waals surface area contributed by atoms with Gasteiger partial charge in [-0.2, -0.15) is 13.2 Å². The molecule has 3 fully saturated rings. The zero-order valence-electron chi connectivity index (χ0n) is 26.6. The molecule has 0 saturated carbocycles. The van der Waals surface area contributed by atoms with Crippen LogP contribution in [0.4, 0.5) is 18.9 Å². The maximum atomic E-state index is 14.2. The van der Waals surface area contributed by atoms with Crippen LogP contribution in [0.15, 0.2) is 54.8 Å². The van der Waals surface area contributed by atoms with Crippen LogP contribution in [-0.4, -0.2) is 78.2 Å². The van der Waals surface area contributed by atoms with E-state index in [1.165, 1.54) is 6.07 Å². The number of hydrogen-bond donors (Lipinski definition) is 1. The molecule has 4 unspecified atom stereocenters. The predicted octanol–water partition coefficient (Wildman–Crippen LogP) is 6.47. The zero-order valence-corrected chi connectivity index (χ0v) is 26.6. The molecule has 3 saturated heterocycles. The molecule has 3 heterocycles. The third-order valence-electron chi connectivity index (χ3n) is 10.5. The molecule has 45 heavy (non-hydrogen) atoms. The molecule has 1 amide bonds. The lowest BCUT2D eigenvalue weighted by molar-refractivity contribution is -0.142. The Morgan fingerprint density at radius 1 is 1.07 bits per heavy atom. The van der Waals surface area contributed by atoms with Gasteiger partial charge in [-0.05, 0) is 82.2 Å². The molecule has 4 aliphatic rings. The molecule has 3 aliphatic heterocycles. The molecule has 10 heteroatoms. The second kappa shape index (κ2) is 13.2. The Labute approximate surface area is 264 Å². The van der Waals surface area contributed by atoms with Crippen LogP contribution >= 0.6 is 0 Å². The van der Waals surface area contributed by atoms with Gasteiger partial charge in [0, 0.05) is 55.8 Å². The second-order valence-electron chi connectivity index (χ2n) is 13.6. The fourth-order valence-electron chi connectivity index (χ4n) is 7.63. The number of benzene rings is 1. The summed E-state index contributed by atoms with van der Waals surface area (Å²) in [5.41, 5.74) is 0.321. The zero-order chi connectivity index (χ0) is 32.5. The second-order valence-corrected chi connectivity index (χ2v) is 13.6. The van der Waals surface area contributed by atoms with E-state index in [0.717, 1.165) is 30.4 Å². The summed E-state index contributed by atoms with van der Waals surface area (Å²) in [6.45, 7) is 10.9. The highest BCUT2D eigenvalue weighted by molar-refractivity contribution is 5.80. The number of carboxylic acid groups (broad SMARTS) is 1. The van der Waals surface area contributed by atoms with E-state index in [4.69, 9.17) is 4.74 Å². The van der Waals surface area contributed by atoms with Gasteiger partial charge in [-0.1, -0.05) is 24.3 Å². The Kier molecular flexibility index (Phi) is 9.73. The van der Waals surface area contributed by atoms with E-state index in [1.54, 1.807) is 13.2 Å². The lowest BCUT2D eigenvalue weighted by atomic mass is 9.77. The van der Waals surface area contributed by atoms with Crippen molar-refractivity contribution in [2.45, 2.75) is 76.0 Å². The van der Waals surface area contributed by atoms with Gasteiger partial charge in [-0.25, -0.2) is 0 Å². The number of aliphatic carboxylic acids is 1. The molecule has 0 spiro atoms. The van der Waals surface area contributed by atoms with Crippen molar-refractivity contribution in [1.82, 2.24) is 9.80 Å². The van der Waals surface area contributed by atoms with Crippen LogP contribution in [0.5, 0.6) is 0 Å². The van der Waals surface area contributed by atoms with Gasteiger partial charge in [-0.15, -0.1) is 6.58 Å². The summed E-state index contributed by atoms with van der Waals surface area (Å²) in [6.07, 6.45) is 7.15. The number of nitrogens with zero attached hydrogens (tertiary/aromatic N) is 3. The van der Waals surface area contributed by atoms with Crippen molar-refractivity contribution < 1.29 is 32.6 Å². The number of likely N-dealkylation sites (tertiary alicyclic amines) is 2. The molecule has 0 aromatic heterocycles. The molecule has 1 N–H and O–H groups in total. The van der Waals surface area contributed by atoms with Crippen molar-refractivity contribution in [3.63, 3.8) is 0 Å². The number of anilines is 1. The van der Waals surface area contributed by atoms with E-state index in [1.807, 2.05) is 28.0 Å². The maximum Gasteiger partial charge on any atom is 0.416 e.